The molecule has 4 heteroatoms. The Hall–Kier alpha value is -1.10. The number of hydrogen-bond acceptors (Lipinski definition) is 4. The van der Waals surface area contributed by atoms with Gasteiger partial charge in [0.25, 0.3) is 0 Å². The van der Waals surface area contributed by atoms with Crippen LogP contribution in [0, 0.1) is 0 Å². The van der Waals surface area contributed by atoms with Gasteiger partial charge in [-0.3, -0.25) is 4.90 Å². The molecule has 1 aliphatic rings. The Balaban J connectivity index is 1.70. The van der Waals surface area contributed by atoms with Crippen molar-refractivity contribution in [2.24, 2.45) is 0 Å². The SMILES string of the molecule is COc1ccccc1CN(C)CCOC1CCNCC1. The fourth-order valence-corrected chi connectivity index (χ4v) is 2.54. The first-order valence-corrected chi connectivity index (χ1v) is 7.42. The summed E-state index contributed by atoms with van der Waals surface area (Å²) in [4.78, 5) is 2.28. The van der Waals surface area contributed by atoms with E-state index in [9.17, 15) is 0 Å². The zero-order valence-corrected chi connectivity index (χ0v) is 12.6. The van der Waals surface area contributed by atoms with Gasteiger partial charge in [0, 0.05) is 18.7 Å². The van der Waals surface area contributed by atoms with Crippen molar-refractivity contribution in [3.63, 3.8) is 0 Å². The van der Waals surface area contributed by atoms with Gasteiger partial charge in [0.2, 0.25) is 0 Å². The summed E-state index contributed by atoms with van der Waals surface area (Å²) in [7, 11) is 3.84. The zero-order chi connectivity index (χ0) is 14.2. The van der Waals surface area contributed by atoms with Crippen LogP contribution in [0.25, 0.3) is 0 Å². The summed E-state index contributed by atoms with van der Waals surface area (Å²) in [5.41, 5.74) is 1.22. The molecule has 1 aromatic carbocycles. The van der Waals surface area contributed by atoms with Gasteiger partial charge in [-0.15, -0.1) is 0 Å². The highest BCUT2D eigenvalue weighted by Gasteiger charge is 2.13. The van der Waals surface area contributed by atoms with Crippen LogP contribution in [-0.4, -0.2) is 51.4 Å². The highest BCUT2D eigenvalue weighted by atomic mass is 16.5. The lowest BCUT2D eigenvalue weighted by molar-refractivity contribution is 0.0223. The van der Waals surface area contributed by atoms with Gasteiger partial charge in [0.1, 0.15) is 5.75 Å². The van der Waals surface area contributed by atoms with Gasteiger partial charge in [0.15, 0.2) is 0 Å². The topological polar surface area (TPSA) is 33.7 Å². The number of methoxy groups -OCH3 is 1. The molecule has 2 rings (SSSR count). The minimum atomic E-state index is 0.441. The molecule has 0 atom stereocenters. The van der Waals surface area contributed by atoms with Crippen molar-refractivity contribution in [3.8, 4) is 5.75 Å². The van der Waals surface area contributed by atoms with Crippen LogP contribution >= 0.6 is 0 Å². The second-order valence-electron chi connectivity index (χ2n) is 5.37. The monoisotopic (exact) mass is 278 g/mol. The van der Waals surface area contributed by atoms with Crippen LogP contribution in [0.1, 0.15) is 18.4 Å². The van der Waals surface area contributed by atoms with Gasteiger partial charge in [0.05, 0.1) is 19.8 Å². The Morgan fingerprint density at radius 3 is 2.75 bits per heavy atom. The number of piperidine rings is 1. The van der Waals surface area contributed by atoms with Crippen molar-refractivity contribution in [1.82, 2.24) is 10.2 Å². The minimum Gasteiger partial charge on any atom is -0.496 e. The van der Waals surface area contributed by atoms with Crippen LogP contribution in [0.3, 0.4) is 0 Å². The maximum atomic E-state index is 5.93. The fraction of sp³-hybridized carbons (Fsp3) is 0.625. The van der Waals surface area contributed by atoms with Gasteiger partial charge < -0.3 is 14.8 Å². The summed E-state index contributed by atoms with van der Waals surface area (Å²) in [5.74, 6) is 0.957. The summed E-state index contributed by atoms with van der Waals surface area (Å²) >= 11 is 0. The lowest BCUT2D eigenvalue weighted by Gasteiger charge is -2.24. The van der Waals surface area contributed by atoms with Crippen molar-refractivity contribution in [3.05, 3.63) is 29.8 Å². The van der Waals surface area contributed by atoms with Gasteiger partial charge in [-0.1, -0.05) is 18.2 Å². The molecule has 4 nitrogen and oxygen atoms in total. The van der Waals surface area contributed by atoms with Gasteiger partial charge in [-0.05, 0) is 39.0 Å². The molecule has 1 aliphatic heterocycles. The highest BCUT2D eigenvalue weighted by molar-refractivity contribution is 5.32. The Kier molecular flexibility index (Phi) is 6.30. The zero-order valence-electron chi connectivity index (χ0n) is 12.6. The molecule has 0 radical (unpaired) electrons. The molecule has 0 saturated carbocycles. The van der Waals surface area contributed by atoms with E-state index in [1.807, 2.05) is 12.1 Å². The first kappa shape index (κ1) is 15.3. The Morgan fingerprint density at radius 1 is 1.25 bits per heavy atom. The molecule has 1 heterocycles. The van der Waals surface area contributed by atoms with E-state index in [0.717, 1.165) is 51.4 Å². The molecule has 0 spiro atoms. The first-order valence-electron chi connectivity index (χ1n) is 7.42. The first-order chi connectivity index (χ1) is 9.79. The Morgan fingerprint density at radius 2 is 2.00 bits per heavy atom. The number of hydrogen-bond donors (Lipinski definition) is 1. The van der Waals surface area contributed by atoms with Crippen LogP contribution in [0.15, 0.2) is 24.3 Å². The van der Waals surface area contributed by atoms with Crippen molar-refractivity contribution in [2.75, 3.05) is 40.4 Å². The quantitative estimate of drug-likeness (QED) is 0.826. The molecule has 1 N–H and O–H groups in total. The molecule has 1 aromatic rings. The van der Waals surface area contributed by atoms with E-state index < -0.39 is 0 Å². The molecule has 0 aliphatic carbocycles. The standard InChI is InChI=1S/C16H26N2O2/c1-18(11-12-20-15-7-9-17-10-8-15)13-14-5-3-4-6-16(14)19-2/h3-6,15,17H,7-13H2,1-2H3. The Labute approximate surface area is 122 Å². The average Bonchev–Trinajstić information content (AvgIpc) is 2.49. The predicted molar refractivity (Wildman–Crippen MR) is 81.2 cm³/mol. The van der Waals surface area contributed by atoms with Crippen LogP contribution in [-0.2, 0) is 11.3 Å². The molecule has 0 bridgehead atoms. The normalized spacial score (nSPS) is 16.6. The van der Waals surface area contributed by atoms with Gasteiger partial charge >= 0.3 is 0 Å². The predicted octanol–water partition coefficient (Wildman–Crippen LogP) is 1.90. The van der Waals surface area contributed by atoms with E-state index >= 15 is 0 Å². The maximum Gasteiger partial charge on any atom is 0.123 e. The number of nitrogens with zero attached hydrogens (tertiary/aromatic N) is 1. The third-order valence-electron chi connectivity index (χ3n) is 3.75. The van der Waals surface area contributed by atoms with E-state index in [0.29, 0.717) is 6.10 Å². The number of para-hydroxylation sites is 1. The highest BCUT2D eigenvalue weighted by Crippen LogP contribution is 2.18. The van der Waals surface area contributed by atoms with Crippen molar-refractivity contribution >= 4 is 0 Å². The molecule has 0 unspecified atom stereocenters. The van der Waals surface area contributed by atoms with Crippen LogP contribution in [0.5, 0.6) is 5.75 Å². The summed E-state index contributed by atoms with van der Waals surface area (Å²) in [6.07, 6.45) is 2.71. The summed E-state index contributed by atoms with van der Waals surface area (Å²) in [6, 6.07) is 8.18. The van der Waals surface area contributed by atoms with Crippen molar-refractivity contribution in [1.29, 1.82) is 0 Å². The van der Waals surface area contributed by atoms with Gasteiger partial charge in [-0.25, -0.2) is 0 Å². The number of ether oxygens (including phenoxy) is 2. The van der Waals surface area contributed by atoms with E-state index in [2.05, 4.69) is 29.4 Å². The van der Waals surface area contributed by atoms with E-state index in [-0.39, 0.29) is 0 Å². The second-order valence-corrected chi connectivity index (χ2v) is 5.37. The summed E-state index contributed by atoms with van der Waals surface area (Å²) < 4.78 is 11.3. The lowest BCUT2D eigenvalue weighted by Crippen LogP contribution is -2.34. The van der Waals surface area contributed by atoms with Crippen molar-refractivity contribution < 1.29 is 9.47 Å². The number of likely N-dealkylation sites (N-methyl/N-ethyl adjacent to an activating group) is 1. The molecule has 1 saturated heterocycles. The van der Waals surface area contributed by atoms with E-state index in [4.69, 9.17) is 9.47 Å². The third-order valence-corrected chi connectivity index (χ3v) is 3.75. The number of rotatable bonds is 7. The smallest absolute Gasteiger partial charge is 0.123 e. The maximum absolute atomic E-state index is 5.93. The minimum absolute atomic E-state index is 0.441. The van der Waals surface area contributed by atoms with Crippen LogP contribution in [0.4, 0.5) is 0 Å². The average molecular weight is 278 g/mol. The fourth-order valence-electron chi connectivity index (χ4n) is 2.54. The van der Waals surface area contributed by atoms with E-state index in [1.54, 1.807) is 7.11 Å². The molecule has 20 heavy (non-hydrogen) atoms. The molecule has 0 amide bonds. The van der Waals surface area contributed by atoms with E-state index in [1.165, 1.54) is 5.56 Å². The molecule has 112 valence electrons. The van der Waals surface area contributed by atoms with Gasteiger partial charge in [-0.2, -0.15) is 0 Å². The van der Waals surface area contributed by atoms with Crippen LogP contribution < -0.4 is 10.1 Å². The summed E-state index contributed by atoms with van der Waals surface area (Å²) in [5, 5.41) is 3.35. The molecular weight excluding hydrogens is 252 g/mol. The van der Waals surface area contributed by atoms with Crippen LogP contribution in [0.2, 0.25) is 0 Å². The second kappa shape index (κ2) is 8.25. The molecule has 0 aromatic heterocycles. The number of nitrogens with one attached hydrogen (secondary N) is 1. The molecular formula is C16H26N2O2. The largest absolute Gasteiger partial charge is 0.496 e. The van der Waals surface area contributed by atoms with Crippen molar-refractivity contribution in [2.45, 2.75) is 25.5 Å². The lowest BCUT2D eigenvalue weighted by atomic mass is 10.1. The molecule has 1 fully saturated rings. The summed E-state index contributed by atoms with van der Waals surface area (Å²) in [6.45, 7) is 4.81. The number of benzene rings is 1. The Bertz CT molecular complexity index is 392. The third kappa shape index (κ3) is 4.78.